The number of carbonyl (C=O) groups excluding carboxylic acids is 1. The van der Waals surface area contributed by atoms with Crippen molar-refractivity contribution >= 4 is 15.8 Å². The van der Waals surface area contributed by atoms with Gasteiger partial charge in [0, 0.05) is 6.04 Å². The number of carbonyl (C=O) groups is 1. The maximum atomic E-state index is 11.2. The molecule has 1 rings (SSSR count). The Morgan fingerprint density at radius 2 is 2.13 bits per heavy atom. The maximum absolute atomic E-state index is 11.2. The molecule has 3 unspecified atom stereocenters. The molecule has 1 heterocycles. The van der Waals surface area contributed by atoms with E-state index in [1.807, 2.05) is 0 Å². The molecule has 6 nitrogen and oxygen atoms in total. The Kier molecular flexibility index (Phi) is 3.69. The van der Waals surface area contributed by atoms with Crippen LogP contribution in [-0.4, -0.2) is 56.3 Å². The predicted molar refractivity (Wildman–Crippen MR) is 53.1 cm³/mol. The molecule has 1 aliphatic heterocycles. The number of hydrogen-bond acceptors (Lipinski definition) is 6. The van der Waals surface area contributed by atoms with Crippen LogP contribution >= 0.6 is 0 Å². The highest BCUT2D eigenvalue weighted by Crippen LogP contribution is 2.13. The molecular formula is C8H15NO5S. The first-order chi connectivity index (χ1) is 6.85. The van der Waals surface area contributed by atoms with Crippen LogP contribution in [0.15, 0.2) is 0 Å². The fraction of sp³-hybridized carbons (Fsp3) is 0.875. The lowest BCUT2D eigenvalue weighted by atomic mass is 10.2. The van der Waals surface area contributed by atoms with Gasteiger partial charge in [0.15, 0.2) is 9.84 Å². The predicted octanol–water partition coefficient (Wildman–Crippen LogP) is -1.70. The van der Waals surface area contributed by atoms with Gasteiger partial charge in [-0.3, -0.25) is 10.1 Å². The first-order valence-corrected chi connectivity index (χ1v) is 6.40. The summed E-state index contributed by atoms with van der Waals surface area (Å²) in [7, 11) is -1.94. The van der Waals surface area contributed by atoms with Gasteiger partial charge in [-0.2, -0.15) is 0 Å². The van der Waals surface area contributed by atoms with Crippen LogP contribution in [0.5, 0.6) is 0 Å². The molecule has 1 saturated heterocycles. The normalized spacial score (nSPS) is 31.1. The van der Waals surface area contributed by atoms with E-state index in [1.165, 1.54) is 7.11 Å². The molecule has 1 aliphatic rings. The molecule has 1 fully saturated rings. The van der Waals surface area contributed by atoms with Crippen LogP contribution in [0.25, 0.3) is 0 Å². The number of esters is 1. The summed E-state index contributed by atoms with van der Waals surface area (Å²) >= 11 is 0. The number of sulfone groups is 1. The Morgan fingerprint density at radius 1 is 1.53 bits per heavy atom. The lowest BCUT2D eigenvalue weighted by Crippen LogP contribution is -2.47. The van der Waals surface area contributed by atoms with Gasteiger partial charge in [0.05, 0.1) is 24.7 Å². The van der Waals surface area contributed by atoms with Crippen molar-refractivity contribution < 1.29 is 23.1 Å². The number of hydrogen-bond donors (Lipinski definition) is 2. The van der Waals surface area contributed by atoms with E-state index in [2.05, 4.69) is 10.1 Å². The lowest BCUT2D eigenvalue weighted by Gasteiger charge is -2.18. The molecular weight excluding hydrogens is 222 g/mol. The average Bonchev–Trinajstić information content (AvgIpc) is 2.38. The number of nitrogens with one attached hydrogen (secondary N) is 1. The highest BCUT2D eigenvalue weighted by atomic mass is 32.2. The summed E-state index contributed by atoms with van der Waals surface area (Å²) in [5.41, 5.74) is 0. The second-order valence-corrected chi connectivity index (χ2v) is 5.82. The minimum Gasteiger partial charge on any atom is -0.468 e. The molecule has 0 aliphatic carbocycles. The molecule has 0 spiro atoms. The van der Waals surface area contributed by atoms with Crippen LogP contribution in [0, 0.1) is 0 Å². The minimum atomic E-state index is -3.19. The number of methoxy groups -OCH3 is 1. The zero-order chi connectivity index (χ0) is 11.6. The molecule has 0 amide bonds. The quantitative estimate of drug-likeness (QED) is 0.568. The Labute approximate surface area is 88.5 Å². The van der Waals surface area contributed by atoms with Gasteiger partial charge in [-0.05, 0) is 6.92 Å². The third kappa shape index (κ3) is 3.15. The van der Waals surface area contributed by atoms with Crippen molar-refractivity contribution in [1.82, 2.24) is 5.32 Å². The molecule has 0 aromatic heterocycles. The van der Waals surface area contributed by atoms with E-state index in [-0.39, 0.29) is 11.5 Å². The van der Waals surface area contributed by atoms with Crippen molar-refractivity contribution in [2.24, 2.45) is 0 Å². The average molecular weight is 237 g/mol. The molecule has 88 valence electrons. The third-order valence-corrected chi connectivity index (χ3v) is 4.06. The number of aliphatic hydroxyl groups is 1. The molecule has 3 atom stereocenters. The van der Waals surface area contributed by atoms with Crippen molar-refractivity contribution in [3.63, 3.8) is 0 Å². The van der Waals surface area contributed by atoms with Crippen molar-refractivity contribution in [1.29, 1.82) is 0 Å². The summed E-state index contributed by atoms with van der Waals surface area (Å²) in [6, 6.07) is -1.22. The van der Waals surface area contributed by atoms with Gasteiger partial charge in [-0.25, -0.2) is 8.42 Å². The third-order valence-electron chi connectivity index (χ3n) is 2.34. The van der Waals surface area contributed by atoms with E-state index in [0.29, 0.717) is 0 Å². The van der Waals surface area contributed by atoms with Crippen LogP contribution in [-0.2, 0) is 19.4 Å². The molecule has 0 saturated carbocycles. The number of rotatable bonds is 3. The van der Waals surface area contributed by atoms with E-state index in [4.69, 9.17) is 0 Å². The molecule has 15 heavy (non-hydrogen) atoms. The first kappa shape index (κ1) is 12.4. The van der Waals surface area contributed by atoms with Crippen molar-refractivity contribution in [3.8, 4) is 0 Å². The Hall–Kier alpha value is -0.660. The minimum absolute atomic E-state index is 0.143. The summed E-state index contributed by atoms with van der Waals surface area (Å²) in [6.45, 7) is 1.56. The summed E-state index contributed by atoms with van der Waals surface area (Å²) in [6.07, 6.45) is -0.956. The Morgan fingerprint density at radius 3 is 2.53 bits per heavy atom. The zero-order valence-electron chi connectivity index (χ0n) is 8.63. The molecule has 0 aromatic carbocycles. The van der Waals surface area contributed by atoms with E-state index in [0.717, 1.165) is 0 Å². The number of aliphatic hydroxyl groups excluding tert-OH is 1. The van der Waals surface area contributed by atoms with E-state index in [1.54, 1.807) is 6.92 Å². The Balaban J connectivity index is 2.57. The standard InChI is InChI=1S/C8H15NO5S/c1-5(8(11)14-2)9-6-3-15(12,13)4-7(6)10/h5-7,9-10H,3-4H2,1-2H3. The van der Waals surface area contributed by atoms with Gasteiger partial charge in [-0.15, -0.1) is 0 Å². The van der Waals surface area contributed by atoms with E-state index >= 15 is 0 Å². The number of ether oxygens (including phenoxy) is 1. The fourth-order valence-corrected chi connectivity index (χ4v) is 3.31. The van der Waals surface area contributed by atoms with Crippen LogP contribution in [0.3, 0.4) is 0 Å². The van der Waals surface area contributed by atoms with Crippen LogP contribution in [0.1, 0.15) is 6.92 Å². The second kappa shape index (κ2) is 4.46. The monoisotopic (exact) mass is 237 g/mol. The highest BCUT2D eigenvalue weighted by Gasteiger charge is 2.37. The second-order valence-electron chi connectivity index (χ2n) is 3.66. The zero-order valence-corrected chi connectivity index (χ0v) is 9.45. The van der Waals surface area contributed by atoms with Gasteiger partial charge in [0.1, 0.15) is 6.04 Å². The van der Waals surface area contributed by atoms with Gasteiger partial charge in [0.2, 0.25) is 0 Å². The highest BCUT2D eigenvalue weighted by molar-refractivity contribution is 7.91. The van der Waals surface area contributed by atoms with Crippen LogP contribution in [0.4, 0.5) is 0 Å². The topological polar surface area (TPSA) is 92.7 Å². The molecule has 0 aromatic rings. The first-order valence-electron chi connectivity index (χ1n) is 4.58. The van der Waals surface area contributed by atoms with Gasteiger partial charge < -0.3 is 9.84 Å². The summed E-state index contributed by atoms with van der Waals surface area (Å²) in [5, 5.41) is 12.2. The van der Waals surface area contributed by atoms with Gasteiger partial charge in [0.25, 0.3) is 0 Å². The van der Waals surface area contributed by atoms with Crippen LogP contribution < -0.4 is 5.32 Å². The van der Waals surface area contributed by atoms with Crippen molar-refractivity contribution in [2.45, 2.75) is 25.1 Å². The molecule has 0 radical (unpaired) electrons. The van der Waals surface area contributed by atoms with Gasteiger partial charge >= 0.3 is 5.97 Å². The molecule has 7 heteroatoms. The van der Waals surface area contributed by atoms with Crippen molar-refractivity contribution in [3.05, 3.63) is 0 Å². The van der Waals surface area contributed by atoms with Gasteiger partial charge in [-0.1, -0.05) is 0 Å². The molecule has 0 bridgehead atoms. The lowest BCUT2D eigenvalue weighted by molar-refractivity contribution is -0.142. The van der Waals surface area contributed by atoms with Crippen molar-refractivity contribution in [2.75, 3.05) is 18.6 Å². The molecule has 2 N–H and O–H groups in total. The summed E-state index contributed by atoms with van der Waals surface area (Å²) < 4.78 is 26.8. The smallest absolute Gasteiger partial charge is 0.322 e. The maximum Gasteiger partial charge on any atom is 0.322 e. The largest absolute Gasteiger partial charge is 0.468 e. The van der Waals surface area contributed by atoms with Crippen LogP contribution in [0.2, 0.25) is 0 Å². The fourth-order valence-electron chi connectivity index (χ4n) is 1.55. The van der Waals surface area contributed by atoms with E-state index < -0.39 is 34.0 Å². The summed E-state index contributed by atoms with van der Waals surface area (Å²) in [4.78, 5) is 11.1. The van der Waals surface area contributed by atoms with E-state index in [9.17, 15) is 18.3 Å². The Bertz CT molecular complexity index is 339. The summed E-state index contributed by atoms with van der Waals surface area (Å²) in [5.74, 6) is -0.875. The SMILES string of the molecule is COC(=O)C(C)NC1CS(=O)(=O)CC1O.